The van der Waals surface area contributed by atoms with E-state index in [0.717, 1.165) is 38.5 Å². The quantitative estimate of drug-likeness (QED) is 0.0747. The van der Waals surface area contributed by atoms with E-state index in [2.05, 4.69) is 41.5 Å². The van der Waals surface area contributed by atoms with Crippen molar-refractivity contribution in [2.45, 2.75) is 197 Å². The SMILES string of the molecule is CCC(C)(C)O[P+]([S-])([S-])OC(C)(C)CC.CCC(C)(C)O[P+]([S-])([S-])OC(C)(C)CC.CCC(C)(C)O[P+]([S-])([S-])OC(C)(C)CC.[Sb+3]. The molecule has 16 heteroatoms. The molecule has 0 heterocycles. The molecule has 0 saturated heterocycles. The molecule has 0 N–H and O–H groups in total. The second-order valence-corrected chi connectivity index (χ2v) is 29.1. The molecule has 0 saturated carbocycles. The molecule has 0 bridgehead atoms. The van der Waals surface area contributed by atoms with Crippen LogP contribution in [-0.2, 0) is 101 Å². The van der Waals surface area contributed by atoms with Crippen molar-refractivity contribution in [3.63, 3.8) is 0 Å². The average Bonchev–Trinajstić information content (AvgIpc) is 2.80. The van der Waals surface area contributed by atoms with Crippen LogP contribution in [0.4, 0.5) is 0 Å². The molecule has 6 nitrogen and oxygen atoms in total. The van der Waals surface area contributed by atoms with Gasteiger partial charge in [0.05, 0.1) is 0 Å². The van der Waals surface area contributed by atoms with Crippen LogP contribution in [0.25, 0.3) is 0 Å². The van der Waals surface area contributed by atoms with Crippen molar-refractivity contribution in [3.05, 3.63) is 0 Å². The van der Waals surface area contributed by atoms with E-state index in [1.165, 1.54) is 0 Å². The van der Waals surface area contributed by atoms with Gasteiger partial charge in [-0.05, 0) is 122 Å². The van der Waals surface area contributed by atoms with Gasteiger partial charge in [-0.2, -0.15) is 0 Å². The van der Waals surface area contributed by atoms with Crippen LogP contribution in [0, 0.1) is 0 Å². The van der Waals surface area contributed by atoms with E-state index >= 15 is 0 Å². The van der Waals surface area contributed by atoms with Crippen molar-refractivity contribution in [1.82, 2.24) is 0 Å². The van der Waals surface area contributed by atoms with Crippen molar-refractivity contribution >= 4 is 116 Å². The first-order chi connectivity index (χ1) is 19.6. The molecule has 0 aliphatic carbocycles. The number of rotatable bonds is 18. The first-order valence-electron chi connectivity index (χ1n) is 15.8. The summed E-state index contributed by atoms with van der Waals surface area (Å²) in [7, 11) is 0. The van der Waals surface area contributed by atoms with Crippen LogP contribution in [0.1, 0.15) is 163 Å². The molecule has 0 amide bonds. The summed E-state index contributed by atoms with van der Waals surface area (Å²) in [5.74, 6) is 0. The first-order valence-corrected chi connectivity index (χ1v) is 26.7. The summed E-state index contributed by atoms with van der Waals surface area (Å²) >= 11 is 31.5. The Labute approximate surface area is 337 Å². The monoisotopic (exact) mass is 928 g/mol. The minimum Gasteiger partial charge on any atom is -0.515 e. The van der Waals surface area contributed by atoms with Crippen molar-refractivity contribution < 1.29 is 27.1 Å². The molecule has 0 spiro atoms. The van der Waals surface area contributed by atoms with Gasteiger partial charge in [-0.3, -0.25) is 0 Å². The summed E-state index contributed by atoms with van der Waals surface area (Å²) < 4.78 is 34.4. The zero-order valence-electron chi connectivity index (χ0n) is 31.9. The molecule has 0 aromatic carbocycles. The molecular weight excluding hydrogens is 863 g/mol. The van der Waals surface area contributed by atoms with Gasteiger partial charge in [0.2, 0.25) is 0 Å². The third-order valence-electron chi connectivity index (χ3n) is 7.26. The largest absolute Gasteiger partial charge is 3.00 e. The Morgan fingerprint density at radius 1 is 0.304 bits per heavy atom. The molecule has 46 heavy (non-hydrogen) atoms. The maximum atomic E-state index is 5.73. The Hall–Kier alpha value is 3.97. The van der Waals surface area contributed by atoms with Crippen LogP contribution in [0.15, 0.2) is 0 Å². The predicted octanol–water partition coefficient (Wildman–Crippen LogP) is 12.1. The van der Waals surface area contributed by atoms with E-state index in [-0.39, 0.29) is 58.0 Å². The molecule has 0 fully saturated rings. The summed E-state index contributed by atoms with van der Waals surface area (Å²) in [6.07, 6.45) is -2.42. The minimum absolute atomic E-state index is 0. The Balaban J connectivity index is -0.000000285. The molecule has 0 atom stereocenters. The molecule has 0 aromatic rings. The fourth-order valence-electron chi connectivity index (χ4n) is 2.26. The summed E-state index contributed by atoms with van der Waals surface area (Å²) in [6, 6.07) is 0. The van der Waals surface area contributed by atoms with E-state index in [1.54, 1.807) is 0 Å². The van der Waals surface area contributed by atoms with Crippen LogP contribution in [0.3, 0.4) is 0 Å². The van der Waals surface area contributed by atoms with Crippen molar-refractivity contribution in [2.75, 3.05) is 0 Å². The Kier molecular flexibility index (Phi) is 28.4. The molecule has 278 valence electrons. The second kappa shape index (κ2) is 23.0. The molecular formula is C30H66O6P3S6Sb. The Morgan fingerprint density at radius 2 is 0.391 bits per heavy atom. The van der Waals surface area contributed by atoms with E-state index in [9.17, 15) is 0 Å². The Morgan fingerprint density at radius 3 is 0.457 bits per heavy atom. The van der Waals surface area contributed by atoms with Gasteiger partial charge in [-0.1, -0.05) is 41.5 Å². The summed E-state index contributed by atoms with van der Waals surface area (Å²) in [6.45, 7) is 36.2. The van der Waals surface area contributed by atoms with Crippen molar-refractivity contribution in [1.29, 1.82) is 0 Å². The van der Waals surface area contributed by atoms with Gasteiger partial charge in [0, 0.05) is 18.4 Å². The van der Waals surface area contributed by atoms with E-state index in [1.807, 2.05) is 83.1 Å². The molecule has 0 aliphatic rings. The van der Waals surface area contributed by atoms with Gasteiger partial charge in [-0.25, -0.2) is 27.1 Å². The van der Waals surface area contributed by atoms with Crippen LogP contribution >= 0.6 is 18.4 Å². The molecule has 0 unspecified atom stereocenters. The van der Waals surface area contributed by atoms with Gasteiger partial charge in [-0.15, -0.1) is 0 Å². The van der Waals surface area contributed by atoms with Gasteiger partial charge >= 0.3 is 24.4 Å². The van der Waals surface area contributed by atoms with Crippen LogP contribution in [-0.4, -0.2) is 58.0 Å². The van der Waals surface area contributed by atoms with Gasteiger partial charge < -0.3 is 73.5 Å². The maximum Gasteiger partial charge on any atom is 3.00 e. The van der Waals surface area contributed by atoms with Crippen molar-refractivity contribution in [2.24, 2.45) is 0 Å². The fraction of sp³-hybridized carbons (Fsp3) is 1.00. The standard InChI is InChI=1S/3C10H23O2PS2.Sb/c3*1-7-9(3,4)11-13(14,15)12-10(5,6)8-2;/h3*7-8H2,1-6H3,(H,14,15);/q;;;+3/p-3. The summed E-state index contributed by atoms with van der Waals surface area (Å²) in [5, 5.41) is 0. The fourth-order valence-corrected chi connectivity index (χ4v) is 14.0. The number of hydrogen-bond acceptors (Lipinski definition) is 12. The second-order valence-electron chi connectivity index (χ2n) is 14.6. The van der Waals surface area contributed by atoms with Gasteiger partial charge in [0.25, 0.3) is 0 Å². The topological polar surface area (TPSA) is 55.4 Å². The van der Waals surface area contributed by atoms with E-state index in [4.69, 9.17) is 101 Å². The van der Waals surface area contributed by atoms with E-state index < -0.39 is 18.4 Å². The molecule has 0 aliphatic heterocycles. The minimum atomic E-state index is -2.55. The van der Waals surface area contributed by atoms with Gasteiger partial charge in [0.1, 0.15) is 33.6 Å². The zero-order chi connectivity index (χ0) is 37.0. The normalized spacial score (nSPS) is 14.1. The summed E-state index contributed by atoms with van der Waals surface area (Å²) in [5.41, 5.74) is -1.74. The van der Waals surface area contributed by atoms with Crippen LogP contribution < -0.4 is 0 Å². The third-order valence-corrected chi connectivity index (χ3v) is 14.3. The molecule has 0 rings (SSSR count). The maximum absolute atomic E-state index is 5.73. The molecule has 0 aromatic heterocycles. The zero-order valence-corrected chi connectivity index (χ0v) is 42.1. The smallest absolute Gasteiger partial charge is 0.515 e. The molecule has 2 radical (unpaired) electrons. The predicted molar refractivity (Wildman–Crippen MR) is 223 cm³/mol. The number of hydrogen-bond donors (Lipinski definition) is 0. The van der Waals surface area contributed by atoms with E-state index in [0.29, 0.717) is 0 Å². The van der Waals surface area contributed by atoms with Crippen molar-refractivity contribution in [3.8, 4) is 0 Å². The van der Waals surface area contributed by atoms with Gasteiger partial charge in [0.15, 0.2) is 0 Å². The first kappa shape index (κ1) is 56.7. The van der Waals surface area contributed by atoms with Crippen LogP contribution in [0.2, 0.25) is 0 Å². The Bertz CT molecular complexity index is 668. The average molecular weight is 930 g/mol. The van der Waals surface area contributed by atoms with Crippen LogP contribution in [0.5, 0.6) is 0 Å². The summed E-state index contributed by atoms with van der Waals surface area (Å²) in [4.78, 5) is 0. The third kappa shape index (κ3) is 31.5.